The molecule has 70 valence electrons. The lowest BCUT2D eigenvalue weighted by atomic mass is 9.67. The molecule has 0 aliphatic carbocycles. The van der Waals surface area contributed by atoms with Crippen molar-refractivity contribution < 1.29 is 4.79 Å². The summed E-state index contributed by atoms with van der Waals surface area (Å²) >= 11 is 0. The maximum Gasteiger partial charge on any atom is 0.223 e. The van der Waals surface area contributed by atoms with E-state index < -0.39 is 0 Å². The summed E-state index contributed by atoms with van der Waals surface area (Å²) in [5, 5.41) is 3.05. The summed E-state index contributed by atoms with van der Waals surface area (Å²) in [6.07, 6.45) is 1.04. The van der Waals surface area contributed by atoms with Crippen LogP contribution >= 0.6 is 0 Å². The Hall–Kier alpha value is -0.530. The second kappa shape index (κ2) is 2.48. The fourth-order valence-corrected chi connectivity index (χ4v) is 2.14. The Morgan fingerprint density at radius 1 is 1.42 bits per heavy atom. The molecule has 0 aromatic carbocycles. The number of carbonyl (C=O) groups is 1. The molecular weight excluding hydrogens is 150 g/mol. The Kier molecular flexibility index (Phi) is 1.97. The van der Waals surface area contributed by atoms with E-state index in [9.17, 15) is 4.79 Å². The molecule has 2 unspecified atom stereocenters. The van der Waals surface area contributed by atoms with Crippen molar-refractivity contribution in [3.05, 3.63) is 0 Å². The lowest BCUT2D eigenvalue weighted by molar-refractivity contribution is -0.123. The van der Waals surface area contributed by atoms with Crippen LogP contribution in [0.1, 0.15) is 41.0 Å². The van der Waals surface area contributed by atoms with E-state index in [1.165, 1.54) is 0 Å². The highest BCUT2D eigenvalue weighted by Gasteiger charge is 2.53. The molecule has 2 nitrogen and oxygen atoms in total. The SMILES string of the molecule is CCC1(C)C(C)C(=O)NC1(C)C. The van der Waals surface area contributed by atoms with Crippen LogP contribution in [0, 0.1) is 11.3 Å². The number of rotatable bonds is 1. The van der Waals surface area contributed by atoms with Crippen molar-refractivity contribution in [1.29, 1.82) is 0 Å². The van der Waals surface area contributed by atoms with Gasteiger partial charge in [-0.1, -0.05) is 20.8 Å². The summed E-state index contributed by atoms with van der Waals surface area (Å²) in [6, 6.07) is 0. The normalized spacial score (nSPS) is 39.8. The van der Waals surface area contributed by atoms with Crippen LogP contribution < -0.4 is 5.32 Å². The van der Waals surface area contributed by atoms with Crippen LogP contribution in [0.2, 0.25) is 0 Å². The van der Waals surface area contributed by atoms with Crippen LogP contribution in [0.3, 0.4) is 0 Å². The molecule has 1 amide bonds. The van der Waals surface area contributed by atoms with Gasteiger partial charge in [-0.05, 0) is 20.3 Å². The molecular formula is C10H19NO. The van der Waals surface area contributed by atoms with Gasteiger partial charge in [0.2, 0.25) is 5.91 Å². The molecule has 1 fully saturated rings. The Morgan fingerprint density at radius 2 is 1.92 bits per heavy atom. The van der Waals surface area contributed by atoms with E-state index in [0.29, 0.717) is 0 Å². The Bertz CT molecular complexity index is 210. The molecule has 1 aliphatic rings. The third kappa shape index (κ3) is 0.970. The molecule has 2 heteroatoms. The number of amides is 1. The van der Waals surface area contributed by atoms with Gasteiger partial charge in [0, 0.05) is 16.9 Å². The minimum Gasteiger partial charge on any atom is -0.350 e. The average molecular weight is 169 g/mol. The van der Waals surface area contributed by atoms with Crippen LogP contribution in [0.4, 0.5) is 0 Å². The smallest absolute Gasteiger partial charge is 0.223 e. The average Bonchev–Trinajstić information content (AvgIpc) is 2.12. The highest BCUT2D eigenvalue weighted by molar-refractivity contribution is 5.83. The molecule has 0 radical (unpaired) electrons. The van der Waals surface area contributed by atoms with Gasteiger partial charge < -0.3 is 5.32 Å². The van der Waals surface area contributed by atoms with Crippen molar-refractivity contribution in [3.63, 3.8) is 0 Å². The van der Waals surface area contributed by atoms with Crippen molar-refractivity contribution in [2.75, 3.05) is 0 Å². The topological polar surface area (TPSA) is 29.1 Å². The summed E-state index contributed by atoms with van der Waals surface area (Å²) in [7, 11) is 0. The molecule has 2 atom stereocenters. The van der Waals surface area contributed by atoms with Crippen molar-refractivity contribution >= 4 is 5.91 Å². The van der Waals surface area contributed by atoms with Gasteiger partial charge >= 0.3 is 0 Å². The van der Waals surface area contributed by atoms with Crippen molar-refractivity contribution in [2.45, 2.75) is 46.6 Å². The molecule has 1 rings (SSSR count). The highest BCUT2D eigenvalue weighted by atomic mass is 16.2. The first-order valence-electron chi connectivity index (χ1n) is 4.67. The lowest BCUT2D eigenvalue weighted by Crippen LogP contribution is -2.46. The molecule has 1 heterocycles. The van der Waals surface area contributed by atoms with E-state index in [1.807, 2.05) is 6.92 Å². The maximum atomic E-state index is 11.5. The van der Waals surface area contributed by atoms with Gasteiger partial charge in [0.25, 0.3) is 0 Å². The summed E-state index contributed by atoms with van der Waals surface area (Å²) in [6.45, 7) is 10.6. The zero-order chi connectivity index (χ0) is 9.57. The fraction of sp³-hybridized carbons (Fsp3) is 0.900. The molecule has 1 aliphatic heterocycles. The highest BCUT2D eigenvalue weighted by Crippen LogP contribution is 2.46. The number of hydrogen-bond donors (Lipinski definition) is 1. The Labute approximate surface area is 74.7 Å². The zero-order valence-corrected chi connectivity index (χ0v) is 8.69. The summed E-state index contributed by atoms with van der Waals surface area (Å²) in [5.41, 5.74) is 0.0440. The van der Waals surface area contributed by atoms with E-state index in [1.54, 1.807) is 0 Å². The molecule has 1 saturated heterocycles. The lowest BCUT2D eigenvalue weighted by Gasteiger charge is -2.38. The first-order chi connectivity index (χ1) is 5.35. The molecule has 0 saturated carbocycles. The second-order valence-corrected chi connectivity index (χ2v) is 4.61. The molecule has 0 spiro atoms. The molecule has 1 N–H and O–H groups in total. The summed E-state index contributed by atoms with van der Waals surface area (Å²) < 4.78 is 0. The first-order valence-corrected chi connectivity index (χ1v) is 4.67. The number of carbonyl (C=O) groups excluding carboxylic acids is 1. The third-order valence-corrected chi connectivity index (χ3v) is 3.95. The van der Waals surface area contributed by atoms with Gasteiger partial charge in [-0.3, -0.25) is 4.79 Å². The van der Waals surface area contributed by atoms with Gasteiger partial charge in [0.1, 0.15) is 0 Å². The molecule has 0 aromatic heterocycles. The summed E-state index contributed by atoms with van der Waals surface area (Å²) in [5.74, 6) is 0.335. The number of hydrogen-bond acceptors (Lipinski definition) is 1. The minimum absolute atomic E-state index is 0.0573. The maximum absolute atomic E-state index is 11.5. The van der Waals surface area contributed by atoms with Gasteiger partial charge in [-0.25, -0.2) is 0 Å². The van der Waals surface area contributed by atoms with Crippen molar-refractivity contribution in [1.82, 2.24) is 5.32 Å². The van der Waals surface area contributed by atoms with Gasteiger partial charge in [0.15, 0.2) is 0 Å². The van der Waals surface area contributed by atoms with Crippen molar-refractivity contribution in [2.24, 2.45) is 11.3 Å². The predicted molar refractivity (Wildman–Crippen MR) is 49.8 cm³/mol. The Morgan fingerprint density at radius 3 is 2.08 bits per heavy atom. The van der Waals surface area contributed by atoms with Gasteiger partial charge in [0.05, 0.1) is 0 Å². The Balaban J connectivity index is 3.04. The standard InChI is InChI=1S/C10H19NO/c1-6-10(5)7(2)8(12)11-9(10,3)4/h7H,6H2,1-5H3,(H,11,12). The summed E-state index contributed by atoms with van der Waals surface area (Å²) in [4.78, 5) is 11.5. The first kappa shape index (κ1) is 9.56. The molecule has 0 aromatic rings. The fourth-order valence-electron chi connectivity index (χ4n) is 2.14. The minimum atomic E-state index is -0.0573. The quantitative estimate of drug-likeness (QED) is 0.638. The van der Waals surface area contributed by atoms with Crippen LogP contribution in [0.5, 0.6) is 0 Å². The van der Waals surface area contributed by atoms with E-state index in [0.717, 1.165) is 6.42 Å². The van der Waals surface area contributed by atoms with E-state index in [2.05, 4.69) is 33.0 Å². The monoisotopic (exact) mass is 169 g/mol. The second-order valence-electron chi connectivity index (χ2n) is 4.61. The van der Waals surface area contributed by atoms with Crippen LogP contribution in [0.25, 0.3) is 0 Å². The predicted octanol–water partition coefficient (Wildman–Crippen LogP) is 1.95. The van der Waals surface area contributed by atoms with Crippen LogP contribution in [-0.2, 0) is 4.79 Å². The van der Waals surface area contributed by atoms with Crippen LogP contribution in [-0.4, -0.2) is 11.4 Å². The largest absolute Gasteiger partial charge is 0.350 e. The third-order valence-electron chi connectivity index (χ3n) is 3.95. The number of nitrogens with one attached hydrogen (secondary N) is 1. The molecule has 12 heavy (non-hydrogen) atoms. The van der Waals surface area contributed by atoms with E-state index >= 15 is 0 Å². The van der Waals surface area contributed by atoms with E-state index in [4.69, 9.17) is 0 Å². The van der Waals surface area contributed by atoms with Gasteiger partial charge in [-0.15, -0.1) is 0 Å². The van der Waals surface area contributed by atoms with Gasteiger partial charge in [-0.2, -0.15) is 0 Å². The van der Waals surface area contributed by atoms with Crippen molar-refractivity contribution in [3.8, 4) is 0 Å². The van der Waals surface area contributed by atoms with Crippen LogP contribution in [0.15, 0.2) is 0 Å². The van der Waals surface area contributed by atoms with E-state index in [-0.39, 0.29) is 22.8 Å². The molecule has 0 bridgehead atoms. The zero-order valence-electron chi connectivity index (χ0n) is 8.69.